The number of hydrogen-bond donors (Lipinski definition) is 2. The molecule has 1 atom stereocenters. The van der Waals surface area contributed by atoms with Gasteiger partial charge in [0.15, 0.2) is 0 Å². The van der Waals surface area contributed by atoms with E-state index in [1.807, 2.05) is 50.3 Å². The highest BCUT2D eigenvalue weighted by molar-refractivity contribution is 9.10. The fraction of sp³-hybridized carbons (Fsp3) is 0.258. The van der Waals surface area contributed by atoms with Gasteiger partial charge < -0.3 is 20.1 Å². The van der Waals surface area contributed by atoms with E-state index in [0.29, 0.717) is 17.7 Å². The lowest BCUT2D eigenvalue weighted by Crippen LogP contribution is -2.31. The number of rotatable bonds is 11. The minimum atomic E-state index is -0.705. The molecule has 0 aliphatic heterocycles. The van der Waals surface area contributed by atoms with Crippen molar-refractivity contribution in [3.63, 3.8) is 0 Å². The maximum Gasteiger partial charge on any atom is 0.407 e. The molecule has 2 N–H and O–H groups in total. The first-order valence-corrected chi connectivity index (χ1v) is 13.5. The van der Waals surface area contributed by atoms with E-state index in [-0.39, 0.29) is 25.5 Å². The van der Waals surface area contributed by atoms with Crippen LogP contribution in [0.15, 0.2) is 83.4 Å². The molecule has 39 heavy (non-hydrogen) atoms. The van der Waals surface area contributed by atoms with Crippen LogP contribution in [0.5, 0.6) is 0 Å². The maximum absolute atomic E-state index is 12.6. The van der Waals surface area contributed by atoms with Crippen molar-refractivity contribution < 1.29 is 23.9 Å². The first kappa shape index (κ1) is 29.6. The van der Waals surface area contributed by atoms with E-state index in [9.17, 15) is 14.4 Å². The number of carbonyl (C=O) groups is 3. The molecule has 7 nitrogen and oxygen atoms in total. The lowest BCUT2D eigenvalue weighted by molar-refractivity contribution is -0.143. The van der Waals surface area contributed by atoms with Crippen LogP contribution in [0.4, 0.5) is 10.5 Å². The summed E-state index contributed by atoms with van der Waals surface area (Å²) in [4.78, 5) is 37.4. The van der Waals surface area contributed by atoms with E-state index in [4.69, 9.17) is 9.47 Å². The number of hydrogen-bond acceptors (Lipinski definition) is 5. The molecule has 0 saturated heterocycles. The number of aryl methyl sites for hydroxylation is 2. The molecule has 204 valence electrons. The van der Waals surface area contributed by atoms with Gasteiger partial charge >= 0.3 is 12.1 Å². The molecule has 0 aromatic heterocycles. The van der Waals surface area contributed by atoms with Crippen LogP contribution in [-0.2, 0) is 32.1 Å². The minimum Gasteiger partial charge on any atom is -0.466 e. The van der Waals surface area contributed by atoms with Gasteiger partial charge in [0.1, 0.15) is 6.61 Å². The third-order valence-corrected chi connectivity index (χ3v) is 6.45. The first-order valence-electron chi connectivity index (χ1n) is 12.7. The second kappa shape index (κ2) is 14.9. The molecule has 0 radical (unpaired) electrons. The van der Waals surface area contributed by atoms with Crippen molar-refractivity contribution in [2.75, 3.05) is 11.9 Å². The number of carbonyl (C=O) groups excluding carboxylic acids is 3. The number of nitrogens with one attached hydrogen (secondary N) is 2. The minimum absolute atomic E-state index is 0.0858. The molecule has 0 saturated carbocycles. The van der Waals surface area contributed by atoms with E-state index in [1.54, 1.807) is 31.2 Å². The summed E-state index contributed by atoms with van der Waals surface area (Å²) in [6, 6.07) is 19.7. The van der Waals surface area contributed by atoms with Crippen molar-refractivity contribution in [3.8, 4) is 0 Å². The molecular formula is C31H33BrN2O5. The Hall–Kier alpha value is -3.91. The van der Waals surface area contributed by atoms with Gasteiger partial charge in [0, 0.05) is 10.2 Å². The monoisotopic (exact) mass is 592 g/mol. The van der Waals surface area contributed by atoms with Crippen LogP contribution >= 0.6 is 15.9 Å². The van der Waals surface area contributed by atoms with Gasteiger partial charge in [-0.15, -0.1) is 0 Å². The largest absolute Gasteiger partial charge is 0.466 e. The van der Waals surface area contributed by atoms with Crippen LogP contribution < -0.4 is 10.6 Å². The van der Waals surface area contributed by atoms with Crippen LogP contribution in [-0.4, -0.2) is 24.6 Å². The summed E-state index contributed by atoms with van der Waals surface area (Å²) in [5.74, 6) is -0.737. The number of allylic oxidation sites excluding steroid dienone is 1. The van der Waals surface area contributed by atoms with Crippen molar-refractivity contribution in [3.05, 3.63) is 111 Å². The molecule has 0 unspecified atom stereocenters. The topological polar surface area (TPSA) is 93.7 Å². The van der Waals surface area contributed by atoms with E-state index in [2.05, 4.69) is 38.7 Å². The number of alkyl carbamates (subject to hydrolysis) is 1. The smallest absolute Gasteiger partial charge is 0.407 e. The van der Waals surface area contributed by atoms with Gasteiger partial charge in [-0.3, -0.25) is 9.59 Å². The molecule has 3 rings (SSSR count). The first-order chi connectivity index (χ1) is 18.7. The normalized spacial score (nSPS) is 11.6. The summed E-state index contributed by atoms with van der Waals surface area (Å²) < 4.78 is 11.5. The molecule has 2 amide bonds. The predicted octanol–water partition coefficient (Wildman–Crippen LogP) is 6.72. The Morgan fingerprint density at radius 3 is 2.36 bits per heavy atom. The number of benzene rings is 3. The van der Waals surface area contributed by atoms with Gasteiger partial charge in [0.25, 0.3) is 0 Å². The Labute approximate surface area is 237 Å². The van der Waals surface area contributed by atoms with Gasteiger partial charge in [0.2, 0.25) is 5.91 Å². The summed E-state index contributed by atoms with van der Waals surface area (Å²) in [6.45, 7) is 6.14. The zero-order chi connectivity index (χ0) is 28.2. The van der Waals surface area contributed by atoms with E-state index in [0.717, 1.165) is 21.2 Å². The lowest BCUT2D eigenvalue weighted by Gasteiger charge is -2.19. The van der Waals surface area contributed by atoms with Crippen molar-refractivity contribution in [2.24, 2.45) is 0 Å². The summed E-state index contributed by atoms with van der Waals surface area (Å²) in [5, 5.41) is 5.60. The molecule has 0 spiro atoms. The molecule has 0 bridgehead atoms. The molecular weight excluding hydrogens is 560 g/mol. The summed E-state index contributed by atoms with van der Waals surface area (Å²) >= 11 is 3.50. The van der Waals surface area contributed by atoms with Crippen LogP contribution in [0, 0.1) is 13.8 Å². The zero-order valence-corrected chi connectivity index (χ0v) is 23.9. The Morgan fingerprint density at radius 1 is 0.949 bits per heavy atom. The highest BCUT2D eigenvalue weighted by Gasteiger charge is 2.21. The molecule has 0 aliphatic carbocycles. The van der Waals surface area contributed by atoms with E-state index in [1.165, 1.54) is 11.6 Å². The summed E-state index contributed by atoms with van der Waals surface area (Å²) in [6.07, 6.45) is 3.22. The highest BCUT2D eigenvalue weighted by atomic mass is 79.9. The SMILES string of the molecule is CCOC(=O)C[C@@H](NC(=O)OCc1ccccc1)c1cccc(NC(=O)/C=C/Cc2c(C)cc(Br)cc2C)c1. The number of ether oxygens (including phenoxy) is 2. The number of amides is 2. The maximum atomic E-state index is 12.6. The molecule has 3 aromatic rings. The number of halogens is 1. The van der Waals surface area contributed by atoms with Gasteiger partial charge in [-0.2, -0.15) is 0 Å². The van der Waals surface area contributed by atoms with Gasteiger partial charge in [-0.25, -0.2) is 4.79 Å². The van der Waals surface area contributed by atoms with Crippen molar-refractivity contribution in [1.29, 1.82) is 0 Å². The molecule has 3 aromatic carbocycles. The van der Waals surface area contributed by atoms with E-state index >= 15 is 0 Å². The van der Waals surface area contributed by atoms with Crippen LogP contribution in [0.25, 0.3) is 0 Å². The van der Waals surface area contributed by atoms with Crippen molar-refractivity contribution in [2.45, 2.75) is 46.3 Å². The molecule has 0 aliphatic rings. The fourth-order valence-corrected chi connectivity index (χ4v) is 4.80. The fourth-order valence-electron chi connectivity index (χ4n) is 4.11. The van der Waals surface area contributed by atoms with Gasteiger partial charge in [-0.1, -0.05) is 64.5 Å². The second-order valence-electron chi connectivity index (χ2n) is 9.01. The van der Waals surface area contributed by atoms with Crippen molar-refractivity contribution >= 4 is 39.6 Å². The second-order valence-corrected chi connectivity index (χ2v) is 9.92. The Bertz CT molecular complexity index is 1300. The average molecular weight is 594 g/mol. The summed E-state index contributed by atoms with van der Waals surface area (Å²) in [5.41, 5.74) is 5.49. The molecule has 0 heterocycles. The number of esters is 1. The Balaban J connectivity index is 1.66. The summed E-state index contributed by atoms with van der Waals surface area (Å²) in [7, 11) is 0. The van der Waals surface area contributed by atoms with Crippen LogP contribution in [0.2, 0.25) is 0 Å². The van der Waals surface area contributed by atoms with E-state index < -0.39 is 18.1 Å². The third kappa shape index (κ3) is 9.72. The average Bonchev–Trinajstić information content (AvgIpc) is 2.89. The number of anilines is 1. The third-order valence-electron chi connectivity index (χ3n) is 5.99. The van der Waals surface area contributed by atoms with Crippen LogP contribution in [0.1, 0.15) is 47.2 Å². The molecule has 8 heteroatoms. The van der Waals surface area contributed by atoms with Gasteiger partial charge in [0.05, 0.1) is 19.1 Å². The predicted molar refractivity (Wildman–Crippen MR) is 155 cm³/mol. The lowest BCUT2D eigenvalue weighted by atomic mass is 10.00. The Kier molecular flexibility index (Phi) is 11.3. The standard InChI is InChI=1S/C31H33BrN2O5/c1-4-38-30(36)19-28(34-31(37)39-20-23-10-6-5-7-11-23)24-12-8-13-26(18-24)33-29(35)15-9-14-27-21(2)16-25(32)17-22(27)3/h5-13,15-18,28H,4,14,19-20H2,1-3H3,(H,33,35)(H,34,37)/b15-9+/t28-/m1/s1. The van der Waals surface area contributed by atoms with Gasteiger partial charge in [-0.05, 0) is 85.4 Å². The molecule has 0 fully saturated rings. The quantitative estimate of drug-likeness (QED) is 0.190. The Morgan fingerprint density at radius 2 is 1.67 bits per heavy atom. The zero-order valence-electron chi connectivity index (χ0n) is 22.3. The highest BCUT2D eigenvalue weighted by Crippen LogP contribution is 2.23. The van der Waals surface area contributed by atoms with Crippen LogP contribution in [0.3, 0.4) is 0 Å². The van der Waals surface area contributed by atoms with Crippen molar-refractivity contribution in [1.82, 2.24) is 5.32 Å².